The summed E-state index contributed by atoms with van der Waals surface area (Å²) in [4.78, 5) is 3.67. The molecule has 1 heterocycles. The van der Waals surface area contributed by atoms with E-state index in [1.807, 2.05) is 0 Å². The molecule has 1 aliphatic rings. The molecule has 1 aromatic heterocycles. The molecule has 5 nitrogen and oxygen atoms in total. The molecule has 0 radical (unpaired) electrons. The summed E-state index contributed by atoms with van der Waals surface area (Å²) >= 11 is 0. The number of nitrogens with one attached hydrogen (secondary N) is 1. The molecule has 1 fully saturated rings. The number of rotatable bonds is 4. The smallest absolute Gasteiger partial charge is 0.242 e. The molecular formula is C11H16N2O3S. The van der Waals surface area contributed by atoms with E-state index in [-0.39, 0.29) is 10.6 Å². The summed E-state index contributed by atoms with van der Waals surface area (Å²) in [5.74, 6) is 0.295. The molecule has 0 atom stereocenters. The number of aromatic nitrogens is 1. The second-order valence-corrected chi connectivity index (χ2v) is 6.15. The van der Waals surface area contributed by atoms with Crippen molar-refractivity contribution in [3.8, 4) is 5.75 Å². The van der Waals surface area contributed by atoms with Crippen molar-refractivity contribution in [2.45, 2.75) is 30.6 Å². The van der Waals surface area contributed by atoms with Crippen LogP contribution in [0.15, 0.2) is 23.4 Å². The van der Waals surface area contributed by atoms with E-state index in [2.05, 4.69) is 9.71 Å². The topological polar surface area (TPSA) is 79.3 Å². The van der Waals surface area contributed by atoms with Crippen molar-refractivity contribution >= 4 is 10.0 Å². The second kappa shape index (κ2) is 5.01. The van der Waals surface area contributed by atoms with E-state index in [0.717, 1.165) is 12.8 Å². The van der Waals surface area contributed by atoms with E-state index >= 15 is 0 Å². The van der Waals surface area contributed by atoms with E-state index in [1.54, 1.807) is 0 Å². The van der Waals surface area contributed by atoms with Gasteiger partial charge in [0.05, 0.1) is 6.20 Å². The van der Waals surface area contributed by atoms with E-state index < -0.39 is 10.0 Å². The van der Waals surface area contributed by atoms with E-state index in [4.69, 9.17) is 0 Å². The highest BCUT2D eigenvalue weighted by atomic mass is 32.2. The average molecular weight is 256 g/mol. The molecule has 0 saturated heterocycles. The van der Waals surface area contributed by atoms with Crippen LogP contribution >= 0.6 is 0 Å². The van der Waals surface area contributed by atoms with Crippen molar-refractivity contribution in [2.24, 2.45) is 5.92 Å². The molecule has 0 bridgehead atoms. The van der Waals surface area contributed by atoms with Crippen molar-refractivity contribution in [1.82, 2.24) is 9.71 Å². The van der Waals surface area contributed by atoms with Crippen LogP contribution in [-0.2, 0) is 10.0 Å². The molecule has 1 aliphatic carbocycles. The second-order valence-electron chi connectivity index (χ2n) is 4.38. The van der Waals surface area contributed by atoms with Gasteiger partial charge in [-0.15, -0.1) is 0 Å². The van der Waals surface area contributed by atoms with Gasteiger partial charge in [-0.05, 0) is 18.8 Å². The number of sulfonamides is 1. The molecule has 1 aromatic rings. The monoisotopic (exact) mass is 256 g/mol. The summed E-state index contributed by atoms with van der Waals surface area (Å²) in [5.41, 5.74) is 0. The van der Waals surface area contributed by atoms with Crippen molar-refractivity contribution in [2.75, 3.05) is 6.54 Å². The van der Waals surface area contributed by atoms with Gasteiger partial charge in [0.2, 0.25) is 10.0 Å². The number of hydrogen-bond acceptors (Lipinski definition) is 4. The molecule has 6 heteroatoms. The van der Waals surface area contributed by atoms with E-state index in [9.17, 15) is 13.5 Å². The Morgan fingerprint density at radius 1 is 1.35 bits per heavy atom. The Labute approximate surface area is 101 Å². The van der Waals surface area contributed by atoms with Crippen LogP contribution < -0.4 is 4.72 Å². The average Bonchev–Trinajstić information content (AvgIpc) is 2.79. The summed E-state index contributed by atoms with van der Waals surface area (Å²) in [7, 11) is -3.54. The lowest BCUT2D eigenvalue weighted by molar-refractivity contribution is 0.469. The molecule has 17 heavy (non-hydrogen) atoms. The van der Waals surface area contributed by atoms with Crippen molar-refractivity contribution in [1.29, 1.82) is 0 Å². The van der Waals surface area contributed by atoms with Crippen molar-refractivity contribution < 1.29 is 13.5 Å². The predicted molar refractivity (Wildman–Crippen MR) is 63.0 cm³/mol. The van der Waals surface area contributed by atoms with Gasteiger partial charge in [-0.3, -0.25) is 4.98 Å². The first-order valence-corrected chi connectivity index (χ1v) is 7.20. The third kappa shape index (κ3) is 3.17. The molecule has 1 saturated carbocycles. The standard InChI is InChI=1S/C11H16N2O3S/c14-10-5-11(8-12-7-10)17(15,16)13-6-9-3-1-2-4-9/h5,7-9,13-14H,1-4,6H2. The van der Waals surface area contributed by atoms with Gasteiger partial charge in [0.15, 0.2) is 0 Å². The summed E-state index contributed by atoms with van der Waals surface area (Å²) in [5, 5.41) is 9.20. The number of hydrogen-bond donors (Lipinski definition) is 2. The Morgan fingerprint density at radius 3 is 2.71 bits per heavy atom. The van der Waals surface area contributed by atoms with Gasteiger partial charge in [0.1, 0.15) is 10.6 Å². The van der Waals surface area contributed by atoms with Gasteiger partial charge in [-0.25, -0.2) is 13.1 Å². The third-order valence-corrected chi connectivity index (χ3v) is 4.44. The minimum atomic E-state index is -3.54. The molecular weight excluding hydrogens is 240 g/mol. The molecule has 0 unspecified atom stereocenters. The SMILES string of the molecule is O=S(=O)(NCC1CCCC1)c1cncc(O)c1. The van der Waals surface area contributed by atoms with E-state index in [0.29, 0.717) is 12.5 Å². The minimum Gasteiger partial charge on any atom is -0.506 e. The third-order valence-electron chi connectivity index (χ3n) is 3.05. The Hall–Kier alpha value is -1.14. The van der Waals surface area contributed by atoms with Crippen molar-refractivity contribution in [3.63, 3.8) is 0 Å². The zero-order chi connectivity index (χ0) is 12.3. The zero-order valence-corrected chi connectivity index (χ0v) is 10.3. The Kier molecular flexibility index (Phi) is 3.63. The van der Waals surface area contributed by atoms with Gasteiger partial charge in [-0.2, -0.15) is 0 Å². The predicted octanol–water partition coefficient (Wildman–Crippen LogP) is 1.26. The molecule has 0 amide bonds. The fraction of sp³-hybridized carbons (Fsp3) is 0.545. The quantitative estimate of drug-likeness (QED) is 0.850. The van der Waals surface area contributed by atoms with Crippen LogP contribution in [0.4, 0.5) is 0 Å². The van der Waals surface area contributed by atoms with Crippen molar-refractivity contribution in [3.05, 3.63) is 18.5 Å². The molecule has 0 aromatic carbocycles. The first-order valence-electron chi connectivity index (χ1n) is 5.71. The minimum absolute atomic E-state index is 0.00972. The normalized spacial score (nSPS) is 17.4. The van der Waals surface area contributed by atoms with Gasteiger partial charge in [0, 0.05) is 18.8 Å². The van der Waals surface area contributed by atoms with Gasteiger partial charge in [0.25, 0.3) is 0 Å². The summed E-state index contributed by atoms with van der Waals surface area (Å²) in [6.45, 7) is 0.470. The highest BCUT2D eigenvalue weighted by Gasteiger charge is 2.20. The van der Waals surface area contributed by atoms with Crippen LogP contribution in [0.2, 0.25) is 0 Å². The fourth-order valence-corrected chi connectivity index (χ4v) is 3.18. The lowest BCUT2D eigenvalue weighted by atomic mass is 10.1. The largest absolute Gasteiger partial charge is 0.506 e. The lowest BCUT2D eigenvalue weighted by Gasteiger charge is -2.11. The molecule has 94 valence electrons. The maximum atomic E-state index is 11.9. The van der Waals surface area contributed by atoms with Gasteiger partial charge >= 0.3 is 0 Å². The Morgan fingerprint density at radius 2 is 2.06 bits per heavy atom. The molecule has 0 spiro atoms. The fourth-order valence-electron chi connectivity index (χ4n) is 2.08. The van der Waals surface area contributed by atoms with Gasteiger partial charge < -0.3 is 5.11 Å². The summed E-state index contributed by atoms with van der Waals surface area (Å²) < 4.78 is 26.3. The molecule has 2 N–H and O–H groups in total. The highest BCUT2D eigenvalue weighted by Crippen LogP contribution is 2.24. The molecule has 0 aliphatic heterocycles. The van der Waals surface area contributed by atoms with Crippen LogP contribution in [0, 0.1) is 5.92 Å². The Balaban J connectivity index is 2.03. The first kappa shape index (κ1) is 12.3. The molecule has 2 rings (SSSR count). The Bertz CT molecular complexity index is 481. The van der Waals surface area contributed by atoms with Crippen LogP contribution in [0.3, 0.4) is 0 Å². The number of aromatic hydroxyl groups is 1. The van der Waals surface area contributed by atoms with E-state index in [1.165, 1.54) is 31.3 Å². The summed E-state index contributed by atoms with van der Waals surface area (Å²) in [6.07, 6.45) is 6.97. The summed E-state index contributed by atoms with van der Waals surface area (Å²) in [6, 6.07) is 1.20. The highest BCUT2D eigenvalue weighted by molar-refractivity contribution is 7.89. The van der Waals surface area contributed by atoms with Crippen LogP contribution in [0.5, 0.6) is 5.75 Å². The van der Waals surface area contributed by atoms with Crippen LogP contribution in [0.1, 0.15) is 25.7 Å². The maximum absolute atomic E-state index is 11.9. The number of pyridine rings is 1. The van der Waals surface area contributed by atoms with Gasteiger partial charge in [-0.1, -0.05) is 12.8 Å². The first-order chi connectivity index (χ1) is 8.08. The zero-order valence-electron chi connectivity index (χ0n) is 9.46. The van der Waals surface area contributed by atoms with Crippen LogP contribution in [0.25, 0.3) is 0 Å². The maximum Gasteiger partial charge on any atom is 0.242 e. The number of nitrogens with zero attached hydrogens (tertiary/aromatic N) is 1. The van der Waals surface area contributed by atoms with Crippen LogP contribution in [-0.4, -0.2) is 25.1 Å². The lowest BCUT2D eigenvalue weighted by Crippen LogP contribution is -2.28.